The highest BCUT2D eigenvalue weighted by Gasteiger charge is 2.13. The number of benzene rings is 4. The molecule has 4 aromatic carbocycles. The number of para-hydroxylation sites is 2. The second kappa shape index (κ2) is 7.68. The first-order chi connectivity index (χ1) is 14.7. The predicted molar refractivity (Wildman–Crippen MR) is 123 cm³/mol. The maximum atomic E-state index is 6.22. The molecule has 0 N–H and O–H groups in total. The summed E-state index contributed by atoms with van der Waals surface area (Å²) in [6, 6.07) is 29.6. The Hall–Kier alpha value is -3.59. The zero-order valence-corrected chi connectivity index (χ0v) is 17.3. The summed E-state index contributed by atoms with van der Waals surface area (Å²) in [5.41, 5.74) is 5.74. The van der Waals surface area contributed by atoms with Crippen LogP contribution in [0.2, 0.25) is 0 Å². The summed E-state index contributed by atoms with van der Waals surface area (Å²) in [5.74, 6) is 1.85. The van der Waals surface area contributed by atoms with Crippen molar-refractivity contribution in [1.29, 1.82) is 0 Å². The molecule has 0 amide bonds. The van der Waals surface area contributed by atoms with Gasteiger partial charge in [-0.2, -0.15) is 0 Å². The minimum absolute atomic E-state index is 0.434. The van der Waals surface area contributed by atoms with Crippen LogP contribution in [0.25, 0.3) is 21.8 Å². The molecule has 1 heterocycles. The fourth-order valence-electron chi connectivity index (χ4n) is 4.02. The molecule has 0 aliphatic carbocycles. The average Bonchev–Trinajstić information content (AvgIpc) is 3.12. The van der Waals surface area contributed by atoms with E-state index in [0.29, 0.717) is 6.61 Å². The van der Waals surface area contributed by atoms with Gasteiger partial charge in [0.05, 0.1) is 17.6 Å². The second-order valence-electron chi connectivity index (χ2n) is 7.80. The molecule has 0 saturated carbocycles. The van der Waals surface area contributed by atoms with Crippen molar-refractivity contribution in [1.82, 2.24) is 9.55 Å². The number of hydrogen-bond donors (Lipinski definition) is 0. The standard InChI is InChI=1S/C27H24N2O/c1-19-14-15-20(2)26(16-19)30-18-27-28-24-12-5-6-13-25(24)29(27)17-22-10-7-9-21-8-3-4-11-23(21)22/h3-16H,17-18H2,1-2H3. The van der Waals surface area contributed by atoms with E-state index >= 15 is 0 Å². The first-order valence-electron chi connectivity index (χ1n) is 10.3. The Bertz CT molecular complexity index is 1340. The molecule has 148 valence electrons. The van der Waals surface area contributed by atoms with Gasteiger partial charge in [-0.15, -0.1) is 0 Å². The van der Waals surface area contributed by atoms with Crippen LogP contribution in [-0.4, -0.2) is 9.55 Å². The van der Waals surface area contributed by atoms with E-state index in [1.807, 2.05) is 6.07 Å². The summed E-state index contributed by atoms with van der Waals surface area (Å²) >= 11 is 0. The highest BCUT2D eigenvalue weighted by Crippen LogP contribution is 2.25. The Morgan fingerprint density at radius 1 is 0.833 bits per heavy atom. The Balaban J connectivity index is 1.54. The zero-order chi connectivity index (χ0) is 20.5. The lowest BCUT2D eigenvalue weighted by Crippen LogP contribution is -2.09. The van der Waals surface area contributed by atoms with Crippen molar-refractivity contribution in [2.24, 2.45) is 0 Å². The molecule has 0 fully saturated rings. The highest BCUT2D eigenvalue weighted by atomic mass is 16.5. The first kappa shape index (κ1) is 18.4. The summed E-state index contributed by atoms with van der Waals surface area (Å²) in [6.07, 6.45) is 0. The Labute approximate surface area is 176 Å². The molecule has 5 aromatic rings. The van der Waals surface area contributed by atoms with Crippen LogP contribution in [0.4, 0.5) is 0 Å². The van der Waals surface area contributed by atoms with Crippen molar-refractivity contribution in [2.45, 2.75) is 27.0 Å². The Morgan fingerprint density at radius 3 is 2.57 bits per heavy atom. The monoisotopic (exact) mass is 392 g/mol. The van der Waals surface area contributed by atoms with Crippen LogP contribution in [0.1, 0.15) is 22.5 Å². The molecule has 3 heteroatoms. The molecular formula is C27H24N2O. The fourth-order valence-corrected chi connectivity index (χ4v) is 4.02. The maximum Gasteiger partial charge on any atom is 0.148 e. The predicted octanol–water partition coefficient (Wildman–Crippen LogP) is 6.43. The van der Waals surface area contributed by atoms with E-state index in [9.17, 15) is 0 Å². The van der Waals surface area contributed by atoms with E-state index in [0.717, 1.165) is 34.7 Å². The van der Waals surface area contributed by atoms with Crippen molar-refractivity contribution >= 4 is 21.8 Å². The van der Waals surface area contributed by atoms with E-state index in [1.165, 1.54) is 21.9 Å². The topological polar surface area (TPSA) is 27.1 Å². The van der Waals surface area contributed by atoms with Crippen molar-refractivity contribution in [3.05, 3.63) is 107 Å². The molecule has 0 atom stereocenters. The van der Waals surface area contributed by atoms with Gasteiger partial charge in [0.15, 0.2) is 0 Å². The molecule has 0 unspecified atom stereocenters. The molecule has 0 aliphatic rings. The molecule has 0 saturated heterocycles. The first-order valence-corrected chi connectivity index (χ1v) is 10.3. The minimum atomic E-state index is 0.434. The Morgan fingerprint density at radius 2 is 1.63 bits per heavy atom. The lowest BCUT2D eigenvalue weighted by molar-refractivity contribution is 0.289. The number of aromatic nitrogens is 2. The van der Waals surface area contributed by atoms with Gasteiger partial charge in [0.2, 0.25) is 0 Å². The van der Waals surface area contributed by atoms with Gasteiger partial charge in [0, 0.05) is 0 Å². The zero-order valence-electron chi connectivity index (χ0n) is 17.3. The van der Waals surface area contributed by atoms with Gasteiger partial charge >= 0.3 is 0 Å². The molecule has 3 nitrogen and oxygen atoms in total. The van der Waals surface area contributed by atoms with Crippen LogP contribution in [-0.2, 0) is 13.2 Å². The third-order valence-corrected chi connectivity index (χ3v) is 5.64. The number of hydrogen-bond acceptors (Lipinski definition) is 2. The van der Waals surface area contributed by atoms with Crippen LogP contribution < -0.4 is 4.74 Å². The van der Waals surface area contributed by atoms with Crippen LogP contribution in [0.5, 0.6) is 5.75 Å². The summed E-state index contributed by atoms with van der Waals surface area (Å²) in [7, 11) is 0. The normalized spacial score (nSPS) is 11.3. The number of ether oxygens (including phenoxy) is 1. The van der Waals surface area contributed by atoms with Crippen molar-refractivity contribution in [2.75, 3.05) is 0 Å². The summed E-state index contributed by atoms with van der Waals surface area (Å²) < 4.78 is 8.50. The number of aryl methyl sites for hydroxylation is 2. The molecule has 0 spiro atoms. The lowest BCUT2D eigenvalue weighted by Gasteiger charge is -2.14. The average molecular weight is 393 g/mol. The summed E-state index contributed by atoms with van der Waals surface area (Å²) in [4.78, 5) is 4.89. The minimum Gasteiger partial charge on any atom is -0.485 e. The summed E-state index contributed by atoms with van der Waals surface area (Å²) in [5, 5.41) is 2.53. The summed E-state index contributed by atoms with van der Waals surface area (Å²) in [6.45, 7) is 5.35. The Kier molecular flexibility index (Phi) is 4.72. The molecule has 0 radical (unpaired) electrons. The number of nitrogens with zero attached hydrogens (tertiary/aromatic N) is 2. The second-order valence-corrected chi connectivity index (χ2v) is 7.80. The van der Waals surface area contributed by atoms with Gasteiger partial charge in [-0.3, -0.25) is 0 Å². The van der Waals surface area contributed by atoms with E-state index in [1.54, 1.807) is 0 Å². The van der Waals surface area contributed by atoms with E-state index < -0.39 is 0 Å². The van der Waals surface area contributed by atoms with Gasteiger partial charge in [0.25, 0.3) is 0 Å². The van der Waals surface area contributed by atoms with Crippen molar-refractivity contribution < 1.29 is 4.74 Å². The smallest absolute Gasteiger partial charge is 0.148 e. The molecule has 1 aromatic heterocycles. The van der Waals surface area contributed by atoms with E-state index in [2.05, 4.69) is 97.3 Å². The highest BCUT2D eigenvalue weighted by molar-refractivity contribution is 5.86. The van der Waals surface area contributed by atoms with Crippen LogP contribution in [0, 0.1) is 13.8 Å². The van der Waals surface area contributed by atoms with Gasteiger partial charge in [-0.05, 0) is 59.5 Å². The number of rotatable bonds is 5. The van der Waals surface area contributed by atoms with E-state index in [4.69, 9.17) is 9.72 Å². The van der Waals surface area contributed by atoms with Gasteiger partial charge in [-0.25, -0.2) is 4.98 Å². The fraction of sp³-hybridized carbons (Fsp3) is 0.148. The van der Waals surface area contributed by atoms with E-state index in [-0.39, 0.29) is 0 Å². The molecular weight excluding hydrogens is 368 g/mol. The molecule has 30 heavy (non-hydrogen) atoms. The molecule has 0 bridgehead atoms. The van der Waals surface area contributed by atoms with Crippen LogP contribution in [0.15, 0.2) is 84.9 Å². The largest absolute Gasteiger partial charge is 0.485 e. The number of imidazole rings is 1. The third-order valence-electron chi connectivity index (χ3n) is 5.64. The molecule has 0 aliphatic heterocycles. The van der Waals surface area contributed by atoms with Crippen LogP contribution >= 0.6 is 0 Å². The number of fused-ring (bicyclic) bond motifs is 2. The van der Waals surface area contributed by atoms with Crippen molar-refractivity contribution in [3.8, 4) is 5.75 Å². The maximum absolute atomic E-state index is 6.22. The van der Waals surface area contributed by atoms with Gasteiger partial charge in [0.1, 0.15) is 18.2 Å². The lowest BCUT2D eigenvalue weighted by atomic mass is 10.0. The van der Waals surface area contributed by atoms with Crippen LogP contribution in [0.3, 0.4) is 0 Å². The third kappa shape index (κ3) is 3.43. The van der Waals surface area contributed by atoms with Gasteiger partial charge in [-0.1, -0.05) is 66.7 Å². The quantitative estimate of drug-likeness (QED) is 0.344. The van der Waals surface area contributed by atoms with Gasteiger partial charge < -0.3 is 9.30 Å². The molecule has 5 rings (SSSR count). The van der Waals surface area contributed by atoms with Crippen molar-refractivity contribution in [3.63, 3.8) is 0 Å². The SMILES string of the molecule is Cc1ccc(C)c(OCc2nc3ccccc3n2Cc2cccc3ccccc23)c1.